The molecule has 18 heavy (non-hydrogen) atoms. The van der Waals surface area contributed by atoms with Gasteiger partial charge >= 0.3 is 0 Å². The van der Waals surface area contributed by atoms with Crippen LogP contribution in [0.1, 0.15) is 12.5 Å². The zero-order valence-corrected chi connectivity index (χ0v) is 11.1. The average molecular weight is 250 g/mol. The van der Waals surface area contributed by atoms with E-state index in [4.69, 9.17) is 5.73 Å². The highest BCUT2D eigenvalue weighted by molar-refractivity contribution is 5.79. The number of rotatable bonds is 4. The summed E-state index contributed by atoms with van der Waals surface area (Å²) in [5, 5.41) is 0. The maximum absolute atomic E-state index is 13.5. The molecule has 0 aliphatic heterocycles. The van der Waals surface area contributed by atoms with Gasteiger partial charge < -0.3 is 15.2 Å². The van der Waals surface area contributed by atoms with Crippen molar-refractivity contribution >= 4 is 17.0 Å². The molecule has 1 aromatic heterocycles. The molecule has 0 fully saturated rings. The first-order chi connectivity index (χ1) is 8.52. The predicted molar refractivity (Wildman–Crippen MR) is 72.0 cm³/mol. The molecule has 1 heterocycles. The van der Waals surface area contributed by atoms with Gasteiger partial charge in [-0.15, -0.1) is 0 Å². The van der Waals surface area contributed by atoms with Crippen LogP contribution in [-0.4, -0.2) is 34.6 Å². The molecule has 2 aromatic rings. The summed E-state index contributed by atoms with van der Waals surface area (Å²) in [6.45, 7) is 6.50. The summed E-state index contributed by atoms with van der Waals surface area (Å²) >= 11 is 0. The van der Waals surface area contributed by atoms with E-state index in [0.29, 0.717) is 17.0 Å². The van der Waals surface area contributed by atoms with Crippen molar-refractivity contribution in [1.29, 1.82) is 0 Å². The number of aryl methyl sites for hydroxylation is 1. The minimum absolute atomic E-state index is 0.238. The van der Waals surface area contributed by atoms with E-state index in [2.05, 4.69) is 23.9 Å². The summed E-state index contributed by atoms with van der Waals surface area (Å²) in [5.74, 6) is 0.206. The molecule has 1 aromatic carbocycles. The fraction of sp³-hybridized carbons (Fsp3) is 0.462. The highest BCUT2D eigenvalue weighted by atomic mass is 19.1. The second kappa shape index (κ2) is 4.94. The van der Waals surface area contributed by atoms with Crippen LogP contribution in [0.25, 0.3) is 11.0 Å². The molecule has 0 radical (unpaired) electrons. The van der Waals surface area contributed by atoms with Gasteiger partial charge in [-0.05, 0) is 32.1 Å². The van der Waals surface area contributed by atoms with Crippen LogP contribution in [0.2, 0.25) is 0 Å². The van der Waals surface area contributed by atoms with Gasteiger partial charge in [0, 0.05) is 19.2 Å². The Bertz CT molecular complexity index is 562. The number of nitrogen functional groups attached to an aromatic ring is 1. The van der Waals surface area contributed by atoms with Crippen LogP contribution in [0.5, 0.6) is 0 Å². The first-order valence-electron chi connectivity index (χ1n) is 6.13. The number of benzene rings is 1. The van der Waals surface area contributed by atoms with Crippen molar-refractivity contribution in [3.05, 3.63) is 23.5 Å². The van der Waals surface area contributed by atoms with Gasteiger partial charge in [0.1, 0.15) is 5.82 Å². The number of halogens is 1. The third kappa shape index (κ3) is 2.31. The maximum atomic E-state index is 13.5. The fourth-order valence-corrected chi connectivity index (χ4v) is 1.93. The zero-order valence-electron chi connectivity index (χ0n) is 11.1. The molecule has 0 atom stereocenters. The van der Waals surface area contributed by atoms with E-state index in [0.717, 1.165) is 25.2 Å². The summed E-state index contributed by atoms with van der Waals surface area (Å²) in [6, 6.07) is 3.25. The van der Waals surface area contributed by atoms with Crippen molar-refractivity contribution < 1.29 is 4.39 Å². The van der Waals surface area contributed by atoms with Crippen LogP contribution in [0.3, 0.4) is 0 Å². The normalized spacial score (nSPS) is 11.6. The molecule has 4 nitrogen and oxygen atoms in total. The van der Waals surface area contributed by atoms with Gasteiger partial charge in [0.05, 0.1) is 11.0 Å². The van der Waals surface area contributed by atoms with Crippen molar-refractivity contribution in [2.45, 2.75) is 20.4 Å². The second-order valence-electron chi connectivity index (χ2n) is 4.61. The monoisotopic (exact) mass is 250 g/mol. The van der Waals surface area contributed by atoms with E-state index in [1.54, 1.807) is 13.0 Å². The molecule has 0 unspecified atom stereocenters. The van der Waals surface area contributed by atoms with Gasteiger partial charge in [-0.2, -0.15) is 0 Å². The number of hydrogen-bond donors (Lipinski definition) is 1. The summed E-state index contributed by atoms with van der Waals surface area (Å²) in [7, 11) is 2.06. The number of hydrogen-bond acceptors (Lipinski definition) is 3. The van der Waals surface area contributed by atoms with Gasteiger partial charge in [0.2, 0.25) is 5.95 Å². The SMILES string of the molecule is CCN(C)CCn1c(N)nc2cc(F)c(C)cc21. The first kappa shape index (κ1) is 12.8. The van der Waals surface area contributed by atoms with E-state index in [1.165, 1.54) is 6.07 Å². The Hall–Kier alpha value is -1.62. The van der Waals surface area contributed by atoms with Gasteiger partial charge in [0.25, 0.3) is 0 Å². The van der Waals surface area contributed by atoms with E-state index in [-0.39, 0.29) is 5.82 Å². The molecule has 2 N–H and O–H groups in total. The fourth-order valence-electron chi connectivity index (χ4n) is 1.93. The largest absolute Gasteiger partial charge is 0.369 e. The maximum Gasteiger partial charge on any atom is 0.201 e. The molecular formula is C13H19FN4. The van der Waals surface area contributed by atoms with Crippen molar-refractivity contribution in [2.75, 3.05) is 25.9 Å². The summed E-state index contributed by atoms with van der Waals surface area (Å²) in [5.41, 5.74) is 8.03. The van der Waals surface area contributed by atoms with Crippen LogP contribution in [0.15, 0.2) is 12.1 Å². The molecule has 98 valence electrons. The van der Waals surface area contributed by atoms with E-state index in [1.807, 2.05) is 4.57 Å². The Morgan fingerprint density at radius 3 is 2.83 bits per heavy atom. The van der Waals surface area contributed by atoms with Crippen LogP contribution < -0.4 is 5.73 Å². The quantitative estimate of drug-likeness (QED) is 0.903. The van der Waals surface area contributed by atoms with E-state index < -0.39 is 0 Å². The topological polar surface area (TPSA) is 47.1 Å². The van der Waals surface area contributed by atoms with Gasteiger partial charge in [-0.3, -0.25) is 0 Å². The Balaban J connectivity index is 2.37. The van der Waals surface area contributed by atoms with Gasteiger partial charge in [-0.25, -0.2) is 9.37 Å². The van der Waals surface area contributed by atoms with Crippen LogP contribution in [-0.2, 0) is 6.54 Å². The molecule has 0 aliphatic carbocycles. The van der Waals surface area contributed by atoms with Crippen LogP contribution in [0.4, 0.5) is 10.3 Å². The minimum Gasteiger partial charge on any atom is -0.369 e. The Labute approximate surface area is 106 Å². The highest BCUT2D eigenvalue weighted by Gasteiger charge is 2.11. The number of aromatic nitrogens is 2. The summed E-state index contributed by atoms with van der Waals surface area (Å²) < 4.78 is 15.4. The van der Waals surface area contributed by atoms with E-state index >= 15 is 0 Å². The Morgan fingerprint density at radius 2 is 2.17 bits per heavy atom. The molecular weight excluding hydrogens is 231 g/mol. The molecule has 0 saturated heterocycles. The second-order valence-corrected chi connectivity index (χ2v) is 4.61. The Kier molecular flexibility index (Phi) is 3.52. The predicted octanol–water partition coefficient (Wildman–Crippen LogP) is 2.02. The third-order valence-corrected chi connectivity index (χ3v) is 3.30. The number of likely N-dealkylation sites (N-methyl/N-ethyl adjacent to an activating group) is 1. The van der Waals surface area contributed by atoms with Gasteiger partial charge in [-0.1, -0.05) is 6.92 Å². The van der Waals surface area contributed by atoms with Gasteiger partial charge in [0.15, 0.2) is 0 Å². The smallest absolute Gasteiger partial charge is 0.201 e. The number of anilines is 1. The number of nitrogens with two attached hydrogens (primary N) is 1. The Morgan fingerprint density at radius 1 is 1.44 bits per heavy atom. The lowest BCUT2D eigenvalue weighted by atomic mass is 10.2. The minimum atomic E-state index is -0.238. The molecule has 0 bridgehead atoms. The highest BCUT2D eigenvalue weighted by Crippen LogP contribution is 2.21. The lowest BCUT2D eigenvalue weighted by molar-refractivity contribution is 0.338. The van der Waals surface area contributed by atoms with E-state index in [9.17, 15) is 4.39 Å². The summed E-state index contributed by atoms with van der Waals surface area (Å²) in [4.78, 5) is 6.40. The van der Waals surface area contributed by atoms with Crippen molar-refractivity contribution in [2.24, 2.45) is 0 Å². The zero-order chi connectivity index (χ0) is 13.3. The van der Waals surface area contributed by atoms with Crippen LogP contribution >= 0.6 is 0 Å². The van der Waals surface area contributed by atoms with Crippen molar-refractivity contribution in [3.63, 3.8) is 0 Å². The lowest BCUT2D eigenvalue weighted by Crippen LogP contribution is -2.23. The third-order valence-electron chi connectivity index (χ3n) is 3.30. The number of nitrogens with zero attached hydrogens (tertiary/aromatic N) is 3. The molecule has 0 saturated carbocycles. The molecule has 0 aliphatic rings. The first-order valence-corrected chi connectivity index (χ1v) is 6.13. The van der Waals surface area contributed by atoms with Crippen LogP contribution in [0, 0.1) is 12.7 Å². The molecule has 0 amide bonds. The summed E-state index contributed by atoms with van der Waals surface area (Å²) in [6.07, 6.45) is 0. The number of imidazole rings is 1. The standard InChI is InChI=1S/C13H19FN4/c1-4-17(3)5-6-18-12-7-9(2)10(14)8-11(12)16-13(18)15/h7-8H,4-6H2,1-3H3,(H2,15,16). The van der Waals surface area contributed by atoms with Crippen molar-refractivity contribution in [3.8, 4) is 0 Å². The number of fused-ring (bicyclic) bond motifs is 1. The lowest BCUT2D eigenvalue weighted by Gasteiger charge is -2.15. The molecule has 5 heteroatoms. The average Bonchev–Trinajstić information content (AvgIpc) is 2.62. The molecule has 2 rings (SSSR count). The van der Waals surface area contributed by atoms with Crippen molar-refractivity contribution in [1.82, 2.24) is 14.5 Å². The molecule has 0 spiro atoms.